The van der Waals surface area contributed by atoms with Crippen LogP contribution in [0.25, 0.3) is 0 Å². The largest absolute Gasteiger partial charge is 0.573 e. The van der Waals surface area contributed by atoms with E-state index in [4.69, 9.17) is 0 Å². The van der Waals surface area contributed by atoms with Crippen molar-refractivity contribution in [2.75, 3.05) is 23.3 Å². The summed E-state index contributed by atoms with van der Waals surface area (Å²) in [6.45, 7) is 0.851. The van der Waals surface area contributed by atoms with Gasteiger partial charge in [-0.3, -0.25) is 19.3 Å². The Kier molecular flexibility index (Phi) is 6.47. The molecule has 1 atom stereocenters. The van der Waals surface area contributed by atoms with E-state index in [1.807, 2.05) is 4.90 Å². The number of nitrogens with zero attached hydrogens (tertiary/aromatic N) is 2. The predicted molar refractivity (Wildman–Crippen MR) is 115 cm³/mol. The van der Waals surface area contributed by atoms with Gasteiger partial charge in [0.2, 0.25) is 11.8 Å². The van der Waals surface area contributed by atoms with Crippen molar-refractivity contribution in [3.8, 4) is 11.5 Å². The molecule has 2 fully saturated rings. The first-order valence-corrected chi connectivity index (χ1v) is 10.7. The highest BCUT2D eigenvalue weighted by molar-refractivity contribution is 6.22. The number of carbonyl (C=O) groups excluding carboxylic acids is 3. The number of aromatic hydroxyl groups is 1. The molecule has 34 heavy (non-hydrogen) atoms. The number of phenols is 1. The summed E-state index contributed by atoms with van der Waals surface area (Å²) in [7, 11) is 0. The fraction of sp³-hybridized carbons (Fsp3) is 0.348. The molecule has 180 valence electrons. The fourth-order valence-electron chi connectivity index (χ4n) is 4.26. The van der Waals surface area contributed by atoms with Crippen LogP contribution in [0.2, 0.25) is 0 Å². The minimum absolute atomic E-state index is 0.0264. The van der Waals surface area contributed by atoms with E-state index in [0.717, 1.165) is 17.0 Å². The number of hydrogen-bond donors (Lipinski definition) is 2. The third kappa shape index (κ3) is 5.14. The molecule has 11 heteroatoms. The zero-order valence-corrected chi connectivity index (χ0v) is 17.9. The molecule has 2 aliphatic heterocycles. The Morgan fingerprint density at radius 3 is 2.29 bits per heavy atom. The number of ether oxygens (including phenoxy) is 1. The number of likely N-dealkylation sites (tertiary alicyclic amines) is 1. The number of para-hydroxylation sites is 2. The lowest BCUT2D eigenvalue weighted by molar-refractivity contribution is -0.274. The molecular weight excluding hydrogens is 455 g/mol. The van der Waals surface area contributed by atoms with E-state index in [0.29, 0.717) is 31.6 Å². The smallest absolute Gasteiger partial charge is 0.506 e. The summed E-state index contributed by atoms with van der Waals surface area (Å²) in [6, 6.07) is 10.3. The van der Waals surface area contributed by atoms with E-state index < -0.39 is 30.0 Å². The minimum Gasteiger partial charge on any atom is -0.506 e. The van der Waals surface area contributed by atoms with Crippen LogP contribution in [0.5, 0.6) is 11.5 Å². The van der Waals surface area contributed by atoms with Crippen LogP contribution in [-0.2, 0) is 14.4 Å². The van der Waals surface area contributed by atoms with E-state index in [-0.39, 0.29) is 29.7 Å². The van der Waals surface area contributed by atoms with Gasteiger partial charge in [0, 0.05) is 5.92 Å². The van der Waals surface area contributed by atoms with Gasteiger partial charge < -0.3 is 15.2 Å². The molecule has 0 radical (unpaired) electrons. The van der Waals surface area contributed by atoms with Crippen LogP contribution in [0.15, 0.2) is 48.5 Å². The van der Waals surface area contributed by atoms with E-state index in [1.54, 1.807) is 18.2 Å². The summed E-state index contributed by atoms with van der Waals surface area (Å²) in [4.78, 5) is 40.9. The highest BCUT2D eigenvalue weighted by atomic mass is 19.4. The van der Waals surface area contributed by atoms with Crippen LogP contribution >= 0.6 is 0 Å². The molecule has 0 bridgehead atoms. The molecule has 0 aliphatic carbocycles. The summed E-state index contributed by atoms with van der Waals surface area (Å²) in [5.74, 6) is -1.90. The molecule has 0 spiro atoms. The van der Waals surface area contributed by atoms with Crippen molar-refractivity contribution >= 4 is 29.1 Å². The zero-order valence-electron chi connectivity index (χ0n) is 17.9. The van der Waals surface area contributed by atoms with Crippen LogP contribution in [0.4, 0.5) is 24.5 Å². The number of halogens is 3. The quantitative estimate of drug-likeness (QED) is 0.507. The lowest BCUT2D eigenvalue weighted by atomic mass is 9.94. The van der Waals surface area contributed by atoms with Gasteiger partial charge in [-0.1, -0.05) is 12.1 Å². The van der Waals surface area contributed by atoms with Crippen molar-refractivity contribution in [2.45, 2.75) is 31.7 Å². The highest BCUT2D eigenvalue weighted by Gasteiger charge is 2.44. The SMILES string of the molecule is O=C(Nc1ccccc1O)C1CCN([C@@H]2CC(=O)N(c3ccc(OC(F)(F)F)cc3)C2=O)CC1. The van der Waals surface area contributed by atoms with Gasteiger partial charge in [0.1, 0.15) is 11.5 Å². The molecule has 2 aromatic carbocycles. The van der Waals surface area contributed by atoms with Gasteiger partial charge in [0.25, 0.3) is 5.91 Å². The lowest BCUT2D eigenvalue weighted by Gasteiger charge is -2.34. The normalized spacial score (nSPS) is 20.0. The monoisotopic (exact) mass is 477 g/mol. The standard InChI is InChI=1S/C23H22F3N3O5/c24-23(25,26)34-16-7-5-15(6-8-16)29-20(31)13-18(22(29)33)28-11-9-14(10-12-28)21(32)27-17-3-1-2-4-19(17)30/h1-8,14,18,30H,9-13H2,(H,27,32)/t18-/m1/s1. The van der Waals surface area contributed by atoms with Gasteiger partial charge in [-0.15, -0.1) is 13.2 Å². The molecule has 4 rings (SSSR count). The Hall–Kier alpha value is -3.60. The zero-order chi connectivity index (χ0) is 24.5. The lowest BCUT2D eigenvalue weighted by Crippen LogP contribution is -2.47. The van der Waals surface area contributed by atoms with Crippen molar-refractivity contribution in [1.82, 2.24) is 4.90 Å². The van der Waals surface area contributed by atoms with E-state index >= 15 is 0 Å². The van der Waals surface area contributed by atoms with Gasteiger partial charge in [-0.2, -0.15) is 0 Å². The molecule has 3 amide bonds. The van der Waals surface area contributed by atoms with Gasteiger partial charge in [-0.25, -0.2) is 4.90 Å². The van der Waals surface area contributed by atoms with Gasteiger partial charge in [-0.05, 0) is 62.3 Å². The van der Waals surface area contributed by atoms with E-state index in [9.17, 15) is 32.7 Å². The number of imide groups is 1. The van der Waals surface area contributed by atoms with Crippen LogP contribution in [0.3, 0.4) is 0 Å². The summed E-state index contributed by atoms with van der Waals surface area (Å²) >= 11 is 0. The second-order valence-corrected chi connectivity index (χ2v) is 8.15. The number of amides is 3. The Balaban J connectivity index is 1.35. The summed E-state index contributed by atoms with van der Waals surface area (Å²) in [6.07, 6.45) is -3.94. The van der Waals surface area contributed by atoms with Crippen LogP contribution in [0, 0.1) is 5.92 Å². The van der Waals surface area contributed by atoms with Crippen molar-refractivity contribution in [2.24, 2.45) is 5.92 Å². The molecule has 2 aliphatic rings. The molecule has 2 aromatic rings. The van der Waals surface area contributed by atoms with Gasteiger partial charge in [0.05, 0.1) is 23.8 Å². The Labute approximate surface area is 192 Å². The first-order valence-electron chi connectivity index (χ1n) is 10.7. The number of rotatable bonds is 5. The average molecular weight is 477 g/mol. The minimum atomic E-state index is -4.84. The molecule has 2 N–H and O–H groups in total. The average Bonchev–Trinajstić information content (AvgIpc) is 3.09. The van der Waals surface area contributed by atoms with Gasteiger partial charge >= 0.3 is 6.36 Å². The maximum absolute atomic E-state index is 13.0. The number of hydrogen-bond acceptors (Lipinski definition) is 6. The third-order valence-corrected chi connectivity index (χ3v) is 5.95. The van der Waals surface area contributed by atoms with Gasteiger partial charge in [0.15, 0.2) is 0 Å². The highest BCUT2D eigenvalue weighted by Crippen LogP contribution is 2.31. The third-order valence-electron chi connectivity index (χ3n) is 5.95. The molecule has 0 unspecified atom stereocenters. The first-order chi connectivity index (χ1) is 16.1. The van der Waals surface area contributed by atoms with Crippen LogP contribution in [-0.4, -0.2) is 53.2 Å². The van der Waals surface area contributed by atoms with Crippen LogP contribution in [0.1, 0.15) is 19.3 Å². The molecule has 2 saturated heterocycles. The number of phenolic OH excluding ortho intramolecular Hbond substituents is 1. The maximum atomic E-state index is 13.0. The number of carbonyl (C=O) groups is 3. The number of nitrogens with one attached hydrogen (secondary N) is 1. The van der Waals surface area contributed by atoms with Crippen LogP contribution < -0.4 is 15.0 Å². The fourth-order valence-corrected chi connectivity index (χ4v) is 4.26. The van der Waals surface area contributed by atoms with E-state index in [2.05, 4.69) is 10.1 Å². The first kappa shape index (κ1) is 23.6. The number of benzene rings is 2. The summed E-state index contributed by atoms with van der Waals surface area (Å²) in [5, 5.41) is 12.5. The topological polar surface area (TPSA) is 99.2 Å². The van der Waals surface area contributed by atoms with Crippen molar-refractivity contribution < 1.29 is 37.4 Å². The second-order valence-electron chi connectivity index (χ2n) is 8.15. The van der Waals surface area contributed by atoms with E-state index in [1.165, 1.54) is 18.2 Å². The summed E-state index contributed by atoms with van der Waals surface area (Å²) in [5.41, 5.74) is 0.498. The Bertz CT molecular complexity index is 1080. The molecule has 0 saturated carbocycles. The molecule has 8 nitrogen and oxygen atoms in total. The molecule has 0 aromatic heterocycles. The van der Waals surface area contributed by atoms with Crippen molar-refractivity contribution in [3.63, 3.8) is 0 Å². The molecule has 2 heterocycles. The molecular formula is C23H22F3N3O5. The number of anilines is 2. The predicted octanol–water partition coefficient (Wildman–Crippen LogP) is 3.27. The second kappa shape index (κ2) is 9.34. The van der Waals surface area contributed by atoms with Crippen molar-refractivity contribution in [3.05, 3.63) is 48.5 Å². The Morgan fingerprint density at radius 2 is 1.68 bits per heavy atom. The van der Waals surface area contributed by atoms with Crippen molar-refractivity contribution in [1.29, 1.82) is 0 Å². The Morgan fingerprint density at radius 1 is 1.03 bits per heavy atom. The number of alkyl halides is 3. The summed E-state index contributed by atoms with van der Waals surface area (Å²) < 4.78 is 40.9. The maximum Gasteiger partial charge on any atom is 0.573 e. The number of piperidine rings is 1.